The zero-order chi connectivity index (χ0) is 24.3. The standard InChI is InChI=1S/C21H33N3O2S.2CH2O2/c1-22-14-18(26-2)12-21(20(22)25)5-9-24(10-6-21)15-19-11-17(16-27-19)13-23-7-3-4-8-23;2*2-1-3/h11,16,18H,3-10,12-15H2,1-2H3;2*1H,(H,2,3). The summed E-state index contributed by atoms with van der Waals surface area (Å²) in [5.41, 5.74) is 1.28. The van der Waals surface area contributed by atoms with E-state index in [1.165, 1.54) is 36.4 Å². The number of carbonyl (C=O) groups excluding carboxylic acids is 1. The van der Waals surface area contributed by atoms with Crippen molar-refractivity contribution < 1.29 is 29.3 Å². The summed E-state index contributed by atoms with van der Waals surface area (Å²) < 4.78 is 5.61. The van der Waals surface area contributed by atoms with Crippen LogP contribution >= 0.6 is 11.3 Å². The minimum Gasteiger partial charge on any atom is -0.483 e. The summed E-state index contributed by atoms with van der Waals surface area (Å²) in [7, 11) is 3.70. The number of ether oxygens (including phenoxy) is 1. The zero-order valence-electron chi connectivity index (χ0n) is 19.6. The van der Waals surface area contributed by atoms with Crippen LogP contribution in [0.1, 0.15) is 42.5 Å². The summed E-state index contributed by atoms with van der Waals surface area (Å²) in [6.45, 7) is 6.90. The predicted molar refractivity (Wildman–Crippen MR) is 126 cm³/mol. The Hall–Kier alpha value is -2.01. The second-order valence-electron chi connectivity index (χ2n) is 8.92. The van der Waals surface area contributed by atoms with Gasteiger partial charge in [0.2, 0.25) is 5.91 Å². The molecule has 9 nitrogen and oxygen atoms in total. The normalized spacial score (nSPS) is 22.8. The average molecular weight is 484 g/mol. The van der Waals surface area contributed by atoms with Crippen molar-refractivity contribution in [1.82, 2.24) is 14.7 Å². The number of piperidine rings is 2. The van der Waals surface area contributed by atoms with Crippen molar-refractivity contribution >= 4 is 30.2 Å². The van der Waals surface area contributed by atoms with Gasteiger partial charge in [0.15, 0.2) is 0 Å². The molecule has 186 valence electrons. The van der Waals surface area contributed by atoms with Crippen molar-refractivity contribution in [2.45, 2.75) is 51.3 Å². The summed E-state index contributed by atoms with van der Waals surface area (Å²) in [5, 5.41) is 16.1. The van der Waals surface area contributed by atoms with Crippen LogP contribution in [0.3, 0.4) is 0 Å². The van der Waals surface area contributed by atoms with Gasteiger partial charge in [0.25, 0.3) is 12.9 Å². The molecule has 10 heteroatoms. The molecular weight excluding hydrogens is 446 g/mol. The first-order valence-corrected chi connectivity index (χ1v) is 12.2. The van der Waals surface area contributed by atoms with Crippen LogP contribution in [0, 0.1) is 5.41 Å². The summed E-state index contributed by atoms with van der Waals surface area (Å²) in [6, 6.07) is 2.40. The first kappa shape index (κ1) is 27.2. The van der Waals surface area contributed by atoms with Crippen molar-refractivity contribution in [2.75, 3.05) is 46.9 Å². The molecule has 0 radical (unpaired) electrons. The van der Waals surface area contributed by atoms with Crippen LogP contribution in [0.15, 0.2) is 11.4 Å². The highest BCUT2D eigenvalue weighted by Crippen LogP contribution is 2.41. The number of likely N-dealkylation sites (tertiary alicyclic amines) is 3. The molecule has 1 aromatic rings. The summed E-state index contributed by atoms with van der Waals surface area (Å²) in [6.07, 6.45) is 5.70. The second kappa shape index (κ2) is 13.6. The van der Waals surface area contributed by atoms with Crippen molar-refractivity contribution in [3.8, 4) is 0 Å². The molecule has 0 saturated carbocycles. The molecule has 0 aromatic carbocycles. The maximum Gasteiger partial charge on any atom is 0.290 e. The molecular formula is C23H37N3O6S. The molecule has 0 bridgehead atoms. The molecule has 3 fully saturated rings. The lowest BCUT2D eigenvalue weighted by molar-refractivity contribution is -0.156. The van der Waals surface area contributed by atoms with Gasteiger partial charge >= 0.3 is 0 Å². The van der Waals surface area contributed by atoms with E-state index in [-0.39, 0.29) is 24.5 Å². The molecule has 1 spiro atoms. The van der Waals surface area contributed by atoms with Gasteiger partial charge in [-0.3, -0.25) is 24.2 Å². The molecule has 3 aliphatic heterocycles. The van der Waals surface area contributed by atoms with Crippen molar-refractivity contribution in [3.63, 3.8) is 0 Å². The monoisotopic (exact) mass is 483 g/mol. The van der Waals surface area contributed by atoms with Gasteiger partial charge in [0.1, 0.15) is 0 Å². The van der Waals surface area contributed by atoms with Gasteiger partial charge in [-0.05, 0) is 75.3 Å². The number of hydrogen-bond donors (Lipinski definition) is 2. The first-order valence-electron chi connectivity index (χ1n) is 11.4. The van der Waals surface area contributed by atoms with Crippen LogP contribution in [0.25, 0.3) is 0 Å². The van der Waals surface area contributed by atoms with Crippen LogP contribution in [0.2, 0.25) is 0 Å². The number of carboxylic acid groups (broad SMARTS) is 2. The molecule has 1 amide bonds. The fraction of sp³-hybridized carbons (Fsp3) is 0.696. The molecule has 33 heavy (non-hydrogen) atoms. The Morgan fingerprint density at radius 3 is 2.24 bits per heavy atom. The number of rotatable bonds is 5. The Balaban J connectivity index is 0.000000582. The van der Waals surface area contributed by atoms with Crippen LogP contribution < -0.4 is 0 Å². The third-order valence-corrected chi connectivity index (χ3v) is 7.71. The fourth-order valence-electron chi connectivity index (χ4n) is 5.11. The zero-order valence-corrected chi connectivity index (χ0v) is 20.5. The number of likely N-dealkylation sites (N-methyl/N-ethyl adjacent to an activating group) is 1. The van der Waals surface area contributed by atoms with Crippen molar-refractivity contribution in [2.24, 2.45) is 5.41 Å². The van der Waals surface area contributed by atoms with Crippen LogP contribution in [-0.4, -0.2) is 96.7 Å². The van der Waals surface area contributed by atoms with Crippen molar-refractivity contribution in [1.29, 1.82) is 0 Å². The van der Waals surface area contributed by atoms with E-state index in [9.17, 15) is 4.79 Å². The second-order valence-corrected chi connectivity index (χ2v) is 9.92. The maximum atomic E-state index is 12.8. The van der Waals surface area contributed by atoms with E-state index in [2.05, 4.69) is 21.2 Å². The van der Waals surface area contributed by atoms with E-state index < -0.39 is 0 Å². The SMILES string of the molecule is COC1CN(C)C(=O)C2(CCN(Cc3cc(CN4CCCC4)cs3)CC2)C1.O=CO.O=CO. The number of methoxy groups -OCH3 is 1. The minimum absolute atomic E-state index is 0.185. The van der Waals surface area contributed by atoms with Crippen LogP contribution in [0.4, 0.5) is 0 Å². The van der Waals surface area contributed by atoms with E-state index in [4.69, 9.17) is 24.5 Å². The minimum atomic E-state index is -0.250. The van der Waals surface area contributed by atoms with Crippen LogP contribution in [0.5, 0.6) is 0 Å². The number of nitrogens with zero attached hydrogens (tertiary/aromatic N) is 3. The van der Waals surface area contributed by atoms with Gasteiger partial charge in [-0.15, -0.1) is 11.3 Å². The maximum absolute atomic E-state index is 12.8. The quantitative estimate of drug-likeness (QED) is 0.614. The number of carbonyl (C=O) groups is 3. The van der Waals surface area contributed by atoms with Gasteiger partial charge in [0, 0.05) is 38.7 Å². The predicted octanol–water partition coefficient (Wildman–Crippen LogP) is 2.20. The molecule has 3 saturated heterocycles. The molecule has 2 N–H and O–H groups in total. The molecule has 1 unspecified atom stereocenters. The van der Waals surface area contributed by atoms with Gasteiger partial charge < -0.3 is 19.8 Å². The lowest BCUT2D eigenvalue weighted by Crippen LogP contribution is -2.56. The molecule has 0 aliphatic carbocycles. The van der Waals surface area contributed by atoms with Gasteiger partial charge in [-0.1, -0.05) is 0 Å². The molecule has 4 rings (SSSR count). The fourth-order valence-corrected chi connectivity index (χ4v) is 6.03. The lowest BCUT2D eigenvalue weighted by Gasteiger charge is -2.47. The highest BCUT2D eigenvalue weighted by molar-refractivity contribution is 7.10. The Morgan fingerprint density at radius 2 is 1.67 bits per heavy atom. The Morgan fingerprint density at radius 1 is 1.09 bits per heavy atom. The number of thiophene rings is 1. The van der Waals surface area contributed by atoms with Crippen LogP contribution in [-0.2, 0) is 32.2 Å². The Bertz CT molecular complexity index is 738. The average Bonchev–Trinajstić information content (AvgIpc) is 3.47. The molecule has 1 aromatic heterocycles. The van der Waals surface area contributed by atoms with E-state index in [0.717, 1.165) is 52.0 Å². The van der Waals surface area contributed by atoms with Gasteiger partial charge in [0.05, 0.1) is 11.5 Å². The third-order valence-electron chi connectivity index (χ3n) is 6.74. The first-order chi connectivity index (χ1) is 15.9. The smallest absolute Gasteiger partial charge is 0.290 e. The summed E-state index contributed by atoms with van der Waals surface area (Å²) in [4.78, 5) is 38.0. The third kappa shape index (κ3) is 7.77. The topological polar surface area (TPSA) is 111 Å². The van der Waals surface area contributed by atoms with E-state index >= 15 is 0 Å². The van der Waals surface area contributed by atoms with E-state index in [1.54, 1.807) is 7.11 Å². The van der Waals surface area contributed by atoms with E-state index in [0.29, 0.717) is 5.91 Å². The Labute approximate surface area is 199 Å². The number of hydrogen-bond acceptors (Lipinski definition) is 7. The lowest BCUT2D eigenvalue weighted by atomic mass is 9.71. The van der Waals surface area contributed by atoms with Gasteiger partial charge in [-0.25, -0.2) is 0 Å². The molecule has 1 atom stereocenters. The molecule has 3 aliphatic rings. The Kier molecular flexibility index (Phi) is 11.3. The summed E-state index contributed by atoms with van der Waals surface area (Å²) >= 11 is 1.90. The molecule has 4 heterocycles. The highest BCUT2D eigenvalue weighted by Gasteiger charge is 2.47. The van der Waals surface area contributed by atoms with Gasteiger partial charge in [-0.2, -0.15) is 0 Å². The largest absolute Gasteiger partial charge is 0.483 e. The number of amides is 1. The van der Waals surface area contributed by atoms with E-state index in [1.807, 2.05) is 23.3 Å². The summed E-state index contributed by atoms with van der Waals surface area (Å²) in [5.74, 6) is 0.333. The van der Waals surface area contributed by atoms with Crippen molar-refractivity contribution in [3.05, 3.63) is 21.9 Å². The highest BCUT2D eigenvalue weighted by atomic mass is 32.1.